The number of benzene rings is 2. The number of nitro groups is 1. The van der Waals surface area contributed by atoms with Gasteiger partial charge in [-0.3, -0.25) is 14.9 Å². The molecule has 162 valence electrons. The van der Waals surface area contributed by atoms with E-state index < -0.39 is 4.92 Å². The predicted molar refractivity (Wildman–Crippen MR) is 128 cm³/mol. The highest BCUT2D eigenvalue weighted by Gasteiger charge is 2.16. The summed E-state index contributed by atoms with van der Waals surface area (Å²) in [5, 5.41) is 16.1. The van der Waals surface area contributed by atoms with Crippen LogP contribution in [-0.4, -0.2) is 25.4 Å². The fourth-order valence-electron chi connectivity index (χ4n) is 3.39. The molecule has 0 spiro atoms. The van der Waals surface area contributed by atoms with Gasteiger partial charge in [-0.1, -0.05) is 35.8 Å². The molecule has 9 heteroatoms. The van der Waals surface area contributed by atoms with Crippen LogP contribution in [-0.2, 0) is 0 Å². The van der Waals surface area contributed by atoms with Crippen LogP contribution in [0.15, 0.2) is 75.2 Å². The standard InChI is InChI=1S/C23H20BrN5O3/c1-3-15(2)22-26-21-10-9-16(24)12-20(21)23(30)28(22)25-14-19-8-5-11-27(19)17-6-4-7-18(13-17)29(31)32/h4-15H,3H2,1-2H3/t15-/m1/s1. The lowest BCUT2D eigenvalue weighted by Gasteiger charge is -2.14. The van der Waals surface area contributed by atoms with E-state index in [1.165, 1.54) is 16.8 Å². The largest absolute Gasteiger partial charge is 0.315 e. The smallest absolute Gasteiger partial charge is 0.282 e. The number of non-ortho nitro benzene ring substituents is 1. The van der Waals surface area contributed by atoms with Crippen molar-refractivity contribution in [3.8, 4) is 5.69 Å². The number of fused-ring (bicyclic) bond motifs is 1. The Bertz CT molecular complexity index is 1410. The molecule has 0 N–H and O–H groups in total. The predicted octanol–water partition coefficient (Wildman–Crippen LogP) is 5.25. The van der Waals surface area contributed by atoms with Crippen molar-refractivity contribution in [2.75, 3.05) is 0 Å². The molecule has 0 aliphatic carbocycles. The zero-order valence-electron chi connectivity index (χ0n) is 17.5. The first-order valence-corrected chi connectivity index (χ1v) is 10.9. The highest BCUT2D eigenvalue weighted by atomic mass is 79.9. The molecule has 4 rings (SSSR count). The summed E-state index contributed by atoms with van der Waals surface area (Å²) >= 11 is 3.41. The van der Waals surface area contributed by atoms with Crippen molar-refractivity contribution < 1.29 is 4.92 Å². The van der Waals surface area contributed by atoms with E-state index in [4.69, 9.17) is 4.98 Å². The molecule has 0 radical (unpaired) electrons. The Balaban J connectivity index is 1.83. The Morgan fingerprint density at radius 3 is 2.78 bits per heavy atom. The monoisotopic (exact) mass is 493 g/mol. The van der Waals surface area contributed by atoms with E-state index in [1.807, 2.05) is 38.1 Å². The van der Waals surface area contributed by atoms with E-state index in [-0.39, 0.29) is 17.2 Å². The normalized spacial score (nSPS) is 12.5. The highest BCUT2D eigenvalue weighted by Crippen LogP contribution is 2.21. The van der Waals surface area contributed by atoms with E-state index in [9.17, 15) is 14.9 Å². The Kier molecular flexibility index (Phi) is 6.00. The van der Waals surface area contributed by atoms with Crippen LogP contribution in [0.1, 0.15) is 37.7 Å². The average molecular weight is 494 g/mol. The van der Waals surface area contributed by atoms with Crippen LogP contribution in [0.2, 0.25) is 0 Å². The Hall–Kier alpha value is -3.59. The maximum atomic E-state index is 13.3. The van der Waals surface area contributed by atoms with Crippen LogP contribution < -0.4 is 5.56 Å². The molecule has 0 saturated heterocycles. The lowest BCUT2D eigenvalue weighted by Crippen LogP contribution is -2.24. The molecule has 0 bridgehead atoms. The lowest BCUT2D eigenvalue weighted by molar-refractivity contribution is -0.384. The molecular weight excluding hydrogens is 474 g/mol. The van der Waals surface area contributed by atoms with Crippen molar-refractivity contribution in [3.63, 3.8) is 0 Å². The molecule has 0 aliphatic heterocycles. The molecule has 1 atom stereocenters. The number of nitrogens with zero attached hydrogens (tertiary/aromatic N) is 5. The third kappa shape index (κ3) is 4.11. The fraction of sp³-hybridized carbons (Fsp3) is 0.174. The molecule has 0 fully saturated rings. The van der Waals surface area contributed by atoms with Gasteiger partial charge < -0.3 is 4.57 Å². The summed E-state index contributed by atoms with van der Waals surface area (Å²) in [5.41, 5.74) is 1.66. The Labute approximate surface area is 192 Å². The van der Waals surface area contributed by atoms with E-state index in [0.29, 0.717) is 28.1 Å². The second kappa shape index (κ2) is 8.88. The maximum absolute atomic E-state index is 13.3. The number of nitro benzene ring substituents is 1. The van der Waals surface area contributed by atoms with Crippen molar-refractivity contribution in [1.29, 1.82) is 0 Å². The lowest BCUT2D eigenvalue weighted by atomic mass is 10.1. The minimum atomic E-state index is -0.433. The number of hydrogen-bond donors (Lipinski definition) is 0. The Morgan fingerprint density at radius 2 is 2.03 bits per heavy atom. The zero-order valence-corrected chi connectivity index (χ0v) is 19.1. The molecule has 0 amide bonds. The van der Waals surface area contributed by atoms with Gasteiger partial charge in [0.25, 0.3) is 11.2 Å². The number of aromatic nitrogens is 3. The molecule has 4 aromatic rings. The van der Waals surface area contributed by atoms with Crippen LogP contribution in [0, 0.1) is 10.1 Å². The van der Waals surface area contributed by atoms with Gasteiger partial charge in [0.15, 0.2) is 0 Å². The van der Waals surface area contributed by atoms with Crippen molar-refractivity contribution in [2.24, 2.45) is 5.10 Å². The van der Waals surface area contributed by atoms with Gasteiger partial charge in [-0.25, -0.2) is 4.98 Å². The molecular formula is C23H20BrN5O3. The van der Waals surface area contributed by atoms with E-state index >= 15 is 0 Å². The first kappa shape index (κ1) is 21.6. The second-order valence-corrected chi connectivity index (χ2v) is 8.30. The topological polar surface area (TPSA) is 95.3 Å². The van der Waals surface area contributed by atoms with Gasteiger partial charge >= 0.3 is 0 Å². The average Bonchev–Trinajstić information content (AvgIpc) is 3.27. The van der Waals surface area contributed by atoms with Crippen molar-refractivity contribution in [2.45, 2.75) is 26.2 Å². The van der Waals surface area contributed by atoms with Gasteiger partial charge in [0.05, 0.1) is 33.4 Å². The SMILES string of the molecule is CC[C@@H](C)c1nc2ccc(Br)cc2c(=O)n1N=Cc1cccn1-c1cccc([N+](=O)[O-])c1. The molecule has 0 unspecified atom stereocenters. The van der Waals surface area contributed by atoms with Crippen LogP contribution in [0.3, 0.4) is 0 Å². The molecule has 0 aliphatic rings. The van der Waals surface area contributed by atoms with E-state index in [1.54, 1.807) is 35.2 Å². The summed E-state index contributed by atoms with van der Waals surface area (Å²) in [6.45, 7) is 4.04. The summed E-state index contributed by atoms with van der Waals surface area (Å²) in [4.78, 5) is 28.7. The molecule has 2 heterocycles. The molecule has 2 aromatic carbocycles. The maximum Gasteiger partial charge on any atom is 0.282 e. The van der Waals surface area contributed by atoms with Crippen LogP contribution >= 0.6 is 15.9 Å². The van der Waals surface area contributed by atoms with Crippen molar-refractivity contribution in [3.05, 3.63) is 97.3 Å². The van der Waals surface area contributed by atoms with E-state index in [0.717, 1.165) is 10.9 Å². The first-order chi connectivity index (χ1) is 15.4. The highest BCUT2D eigenvalue weighted by molar-refractivity contribution is 9.10. The van der Waals surface area contributed by atoms with Crippen molar-refractivity contribution in [1.82, 2.24) is 14.2 Å². The van der Waals surface area contributed by atoms with Gasteiger partial charge in [-0.05, 0) is 42.8 Å². The Morgan fingerprint density at radius 1 is 1.22 bits per heavy atom. The number of rotatable bonds is 6. The van der Waals surface area contributed by atoms with Gasteiger partial charge in [0.1, 0.15) is 5.82 Å². The molecule has 2 aromatic heterocycles. The van der Waals surface area contributed by atoms with Crippen molar-refractivity contribution >= 4 is 38.7 Å². The molecule has 0 saturated carbocycles. The van der Waals surface area contributed by atoms with Gasteiger partial charge in [0, 0.05) is 28.7 Å². The first-order valence-electron chi connectivity index (χ1n) is 10.1. The van der Waals surface area contributed by atoms with E-state index in [2.05, 4.69) is 21.0 Å². The fourth-order valence-corrected chi connectivity index (χ4v) is 3.75. The summed E-state index contributed by atoms with van der Waals surface area (Å²) in [6.07, 6.45) is 4.15. The van der Waals surface area contributed by atoms with Gasteiger partial charge in [-0.15, -0.1) is 0 Å². The van der Waals surface area contributed by atoms with Crippen LogP contribution in [0.25, 0.3) is 16.6 Å². The number of hydrogen-bond acceptors (Lipinski definition) is 5. The number of halogens is 1. The summed E-state index contributed by atoms with van der Waals surface area (Å²) in [6, 6.07) is 15.4. The van der Waals surface area contributed by atoms with Crippen LogP contribution in [0.4, 0.5) is 5.69 Å². The van der Waals surface area contributed by atoms with Crippen LogP contribution in [0.5, 0.6) is 0 Å². The second-order valence-electron chi connectivity index (χ2n) is 7.38. The van der Waals surface area contributed by atoms with Gasteiger partial charge in [0.2, 0.25) is 0 Å². The van der Waals surface area contributed by atoms with Gasteiger partial charge in [-0.2, -0.15) is 9.78 Å². The minimum absolute atomic E-state index is 0.00123. The summed E-state index contributed by atoms with van der Waals surface area (Å²) in [5.74, 6) is 0.605. The zero-order chi connectivity index (χ0) is 22.8. The quantitative estimate of drug-likeness (QED) is 0.208. The molecule has 32 heavy (non-hydrogen) atoms. The third-order valence-electron chi connectivity index (χ3n) is 5.29. The minimum Gasteiger partial charge on any atom is -0.315 e. The molecule has 8 nitrogen and oxygen atoms in total. The summed E-state index contributed by atoms with van der Waals surface area (Å²) in [7, 11) is 0. The third-order valence-corrected chi connectivity index (χ3v) is 5.78. The summed E-state index contributed by atoms with van der Waals surface area (Å²) < 4.78 is 3.90.